The van der Waals surface area contributed by atoms with Crippen molar-refractivity contribution < 1.29 is 13.5 Å². The lowest BCUT2D eigenvalue weighted by Gasteiger charge is -2.26. The summed E-state index contributed by atoms with van der Waals surface area (Å²) in [5.74, 6) is 0. The Bertz CT molecular complexity index is 506. The van der Waals surface area contributed by atoms with Gasteiger partial charge in [0.15, 0.2) is 0 Å². The van der Waals surface area contributed by atoms with Crippen molar-refractivity contribution in [3.8, 4) is 0 Å². The highest BCUT2D eigenvalue weighted by molar-refractivity contribution is 7.89. The fourth-order valence-electron chi connectivity index (χ4n) is 1.94. The Kier molecular flexibility index (Phi) is 5.34. The van der Waals surface area contributed by atoms with Crippen LogP contribution in [0.5, 0.6) is 0 Å². The van der Waals surface area contributed by atoms with Gasteiger partial charge in [0.2, 0.25) is 10.0 Å². The van der Waals surface area contributed by atoms with E-state index in [2.05, 4.69) is 0 Å². The molecule has 108 valence electrons. The molecule has 0 heterocycles. The molecule has 0 fully saturated rings. The molecule has 1 aromatic rings. The van der Waals surface area contributed by atoms with E-state index in [1.165, 1.54) is 10.4 Å². The molecule has 5 nitrogen and oxygen atoms in total. The van der Waals surface area contributed by atoms with Crippen LogP contribution in [0.1, 0.15) is 25.8 Å². The van der Waals surface area contributed by atoms with Crippen molar-refractivity contribution in [2.45, 2.75) is 38.1 Å². The second-order valence-electron chi connectivity index (χ2n) is 4.87. The van der Waals surface area contributed by atoms with E-state index in [-0.39, 0.29) is 17.5 Å². The van der Waals surface area contributed by atoms with Gasteiger partial charge in [-0.15, -0.1) is 0 Å². The van der Waals surface area contributed by atoms with Gasteiger partial charge < -0.3 is 10.8 Å². The van der Waals surface area contributed by atoms with Crippen molar-refractivity contribution in [2.24, 2.45) is 0 Å². The number of aliphatic hydroxyl groups excluding tert-OH is 1. The van der Waals surface area contributed by atoms with E-state index in [0.717, 1.165) is 5.56 Å². The van der Waals surface area contributed by atoms with Crippen LogP contribution in [0, 0.1) is 6.92 Å². The van der Waals surface area contributed by atoms with Crippen molar-refractivity contribution in [3.63, 3.8) is 0 Å². The third-order valence-electron chi connectivity index (χ3n) is 2.79. The van der Waals surface area contributed by atoms with Crippen LogP contribution in [0.15, 0.2) is 23.1 Å². The molecule has 0 atom stereocenters. The van der Waals surface area contributed by atoms with Gasteiger partial charge in [0, 0.05) is 24.9 Å². The Labute approximate surface area is 115 Å². The minimum absolute atomic E-state index is 0.0330. The molecule has 0 aliphatic carbocycles. The van der Waals surface area contributed by atoms with Gasteiger partial charge in [-0.05, 0) is 51.0 Å². The molecule has 0 spiro atoms. The Morgan fingerprint density at radius 1 is 1.32 bits per heavy atom. The van der Waals surface area contributed by atoms with Crippen molar-refractivity contribution in [3.05, 3.63) is 23.8 Å². The molecule has 0 radical (unpaired) electrons. The molecule has 0 bridgehead atoms. The van der Waals surface area contributed by atoms with Gasteiger partial charge >= 0.3 is 0 Å². The average molecular weight is 286 g/mol. The predicted molar refractivity (Wildman–Crippen MR) is 76.3 cm³/mol. The number of hydrogen-bond acceptors (Lipinski definition) is 4. The summed E-state index contributed by atoms with van der Waals surface area (Å²) in [4.78, 5) is 0.205. The normalized spacial score (nSPS) is 12.3. The van der Waals surface area contributed by atoms with Gasteiger partial charge in [-0.25, -0.2) is 8.42 Å². The summed E-state index contributed by atoms with van der Waals surface area (Å²) < 4.78 is 26.5. The van der Waals surface area contributed by atoms with Gasteiger partial charge in [0.05, 0.1) is 4.90 Å². The number of nitrogen functional groups attached to an aromatic ring is 1. The molecule has 1 rings (SSSR count). The highest BCUT2D eigenvalue weighted by Gasteiger charge is 2.26. The second kappa shape index (κ2) is 6.36. The molecule has 19 heavy (non-hydrogen) atoms. The first-order valence-corrected chi connectivity index (χ1v) is 7.73. The molecule has 0 amide bonds. The monoisotopic (exact) mass is 286 g/mol. The van der Waals surface area contributed by atoms with Crippen molar-refractivity contribution in [1.82, 2.24) is 4.31 Å². The highest BCUT2D eigenvalue weighted by atomic mass is 32.2. The van der Waals surface area contributed by atoms with E-state index in [4.69, 9.17) is 10.8 Å². The third-order valence-corrected chi connectivity index (χ3v) is 4.85. The number of benzene rings is 1. The Morgan fingerprint density at radius 2 is 1.95 bits per heavy atom. The molecule has 0 aliphatic rings. The van der Waals surface area contributed by atoms with E-state index in [1.54, 1.807) is 12.1 Å². The fourth-order valence-corrected chi connectivity index (χ4v) is 3.76. The zero-order valence-electron chi connectivity index (χ0n) is 11.6. The summed E-state index contributed by atoms with van der Waals surface area (Å²) in [6.45, 7) is 5.70. The minimum atomic E-state index is -3.58. The Hall–Kier alpha value is -1.11. The maximum atomic E-state index is 12.6. The molecule has 6 heteroatoms. The van der Waals surface area contributed by atoms with Gasteiger partial charge in [0.1, 0.15) is 0 Å². The number of sulfonamides is 1. The number of hydrogen-bond donors (Lipinski definition) is 2. The maximum Gasteiger partial charge on any atom is 0.243 e. The summed E-state index contributed by atoms with van der Waals surface area (Å²) in [5.41, 5.74) is 6.95. The smallest absolute Gasteiger partial charge is 0.243 e. The van der Waals surface area contributed by atoms with Crippen LogP contribution >= 0.6 is 0 Å². The number of aryl methyl sites for hydroxylation is 1. The van der Waals surface area contributed by atoms with Gasteiger partial charge in [-0.1, -0.05) is 0 Å². The van der Waals surface area contributed by atoms with Crippen LogP contribution < -0.4 is 5.73 Å². The van der Waals surface area contributed by atoms with Crippen LogP contribution in [0.2, 0.25) is 0 Å². The van der Waals surface area contributed by atoms with Crippen molar-refractivity contribution >= 4 is 15.7 Å². The van der Waals surface area contributed by atoms with Crippen LogP contribution in [-0.2, 0) is 10.0 Å². The molecule has 0 aromatic heterocycles. The average Bonchev–Trinajstić information content (AvgIpc) is 2.27. The molecule has 0 unspecified atom stereocenters. The molecule has 0 aliphatic heterocycles. The molecular weight excluding hydrogens is 264 g/mol. The Morgan fingerprint density at radius 3 is 2.42 bits per heavy atom. The molecule has 0 saturated heterocycles. The number of nitrogens with zero attached hydrogens (tertiary/aromatic N) is 1. The summed E-state index contributed by atoms with van der Waals surface area (Å²) in [6.07, 6.45) is 0.415. The van der Waals surface area contributed by atoms with Crippen LogP contribution in [0.3, 0.4) is 0 Å². The SMILES string of the molecule is Cc1cc(N)cc(S(=O)(=O)N(CCCO)C(C)C)c1. The zero-order chi connectivity index (χ0) is 14.6. The predicted octanol–water partition coefficient (Wildman–Crippen LogP) is 1.36. The van der Waals surface area contributed by atoms with E-state index in [9.17, 15) is 8.42 Å². The fraction of sp³-hybridized carbons (Fsp3) is 0.538. The first-order valence-electron chi connectivity index (χ1n) is 6.29. The van der Waals surface area contributed by atoms with E-state index < -0.39 is 10.0 Å². The molecule has 3 N–H and O–H groups in total. The maximum absolute atomic E-state index is 12.6. The summed E-state index contributed by atoms with van der Waals surface area (Å²) in [7, 11) is -3.58. The van der Waals surface area contributed by atoms with Crippen LogP contribution in [0.25, 0.3) is 0 Å². The minimum Gasteiger partial charge on any atom is -0.399 e. The number of rotatable bonds is 6. The lowest BCUT2D eigenvalue weighted by atomic mass is 10.2. The quantitative estimate of drug-likeness (QED) is 0.773. The summed E-state index contributed by atoms with van der Waals surface area (Å²) in [6, 6.07) is 4.64. The molecule has 1 aromatic carbocycles. The van der Waals surface area contributed by atoms with E-state index >= 15 is 0 Å². The number of anilines is 1. The van der Waals surface area contributed by atoms with E-state index in [0.29, 0.717) is 18.7 Å². The van der Waals surface area contributed by atoms with Gasteiger partial charge in [-0.2, -0.15) is 4.31 Å². The Balaban J connectivity index is 3.18. The largest absolute Gasteiger partial charge is 0.399 e. The second-order valence-corrected chi connectivity index (χ2v) is 6.76. The highest BCUT2D eigenvalue weighted by Crippen LogP contribution is 2.22. The van der Waals surface area contributed by atoms with Gasteiger partial charge in [0.25, 0.3) is 0 Å². The first-order chi connectivity index (χ1) is 8.78. The van der Waals surface area contributed by atoms with Gasteiger partial charge in [-0.3, -0.25) is 0 Å². The molecule has 0 saturated carbocycles. The lowest BCUT2D eigenvalue weighted by Crippen LogP contribution is -2.38. The summed E-state index contributed by atoms with van der Waals surface area (Å²) >= 11 is 0. The summed E-state index contributed by atoms with van der Waals surface area (Å²) in [5, 5.41) is 8.88. The molecular formula is C13H22N2O3S. The van der Waals surface area contributed by atoms with Crippen molar-refractivity contribution in [1.29, 1.82) is 0 Å². The van der Waals surface area contributed by atoms with Crippen molar-refractivity contribution in [2.75, 3.05) is 18.9 Å². The number of nitrogens with two attached hydrogens (primary N) is 1. The third kappa shape index (κ3) is 3.92. The first kappa shape index (κ1) is 15.9. The standard InChI is InChI=1S/C13H22N2O3S/c1-10(2)15(5-4-6-16)19(17,18)13-8-11(3)7-12(14)9-13/h7-10,16H,4-6,14H2,1-3H3. The van der Waals surface area contributed by atoms with E-state index in [1.807, 2.05) is 20.8 Å². The van der Waals surface area contributed by atoms with Crippen LogP contribution in [-0.4, -0.2) is 37.0 Å². The number of aliphatic hydroxyl groups is 1. The topological polar surface area (TPSA) is 83.6 Å². The lowest BCUT2D eigenvalue weighted by molar-refractivity contribution is 0.258. The zero-order valence-corrected chi connectivity index (χ0v) is 12.4. The van der Waals surface area contributed by atoms with Crippen LogP contribution in [0.4, 0.5) is 5.69 Å².